The molecule has 0 aliphatic heterocycles. The fourth-order valence-corrected chi connectivity index (χ4v) is 3.47. The molecule has 0 spiro atoms. The minimum Gasteiger partial charge on any atom is -0.353 e. The second kappa shape index (κ2) is 9.32. The van der Waals surface area contributed by atoms with E-state index < -0.39 is 0 Å². The van der Waals surface area contributed by atoms with E-state index in [4.69, 9.17) is 0 Å². The van der Waals surface area contributed by atoms with Crippen LogP contribution in [0.25, 0.3) is 5.69 Å². The Morgan fingerprint density at radius 1 is 1.07 bits per heavy atom. The van der Waals surface area contributed by atoms with Gasteiger partial charge in [0.05, 0.1) is 10.9 Å². The van der Waals surface area contributed by atoms with Crippen molar-refractivity contribution in [2.75, 3.05) is 0 Å². The average molecular weight is 382 g/mol. The monoisotopic (exact) mass is 381 g/mol. The minimum atomic E-state index is -0.294. The van der Waals surface area contributed by atoms with Crippen LogP contribution in [0.3, 0.4) is 0 Å². The van der Waals surface area contributed by atoms with E-state index in [-0.39, 0.29) is 17.2 Å². The van der Waals surface area contributed by atoms with E-state index in [0.29, 0.717) is 5.16 Å². The number of carbonyl (C=O) groups is 1. The maximum absolute atomic E-state index is 12.5. The lowest BCUT2D eigenvalue weighted by molar-refractivity contribution is -0.120. The third kappa shape index (κ3) is 5.40. The number of amides is 1. The van der Waals surface area contributed by atoms with Gasteiger partial charge in [-0.2, -0.15) is 4.68 Å². The summed E-state index contributed by atoms with van der Waals surface area (Å²) in [6, 6.07) is 20.0. The van der Waals surface area contributed by atoms with E-state index in [2.05, 4.69) is 33.0 Å². The van der Waals surface area contributed by atoms with Crippen molar-refractivity contribution in [2.24, 2.45) is 0 Å². The zero-order valence-electron chi connectivity index (χ0n) is 15.4. The third-order valence-corrected chi connectivity index (χ3v) is 5.22. The molecule has 0 saturated heterocycles. The van der Waals surface area contributed by atoms with Crippen LogP contribution in [-0.4, -0.2) is 37.4 Å². The maximum atomic E-state index is 12.5. The van der Waals surface area contributed by atoms with Crippen LogP contribution in [0.5, 0.6) is 0 Å². The Morgan fingerprint density at radius 3 is 2.44 bits per heavy atom. The van der Waals surface area contributed by atoms with Crippen LogP contribution < -0.4 is 5.32 Å². The lowest BCUT2D eigenvalue weighted by Crippen LogP contribution is -2.38. The molecule has 7 heteroatoms. The summed E-state index contributed by atoms with van der Waals surface area (Å²) in [5.41, 5.74) is 2.15. The number of benzene rings is 2. The smallest absolute Gasteiger partial charge is 0.233 e. The lowest BCUT2D eigenvalue weighted by atomic mass is 10.1. The van der Waals surface area contributed by atoms with Crippen molar-refractivity contribution in [3.8, 4) is 5.69 Å². The fourth-order valence-electron chi connectivity index (χ4n) is 2.66. The fraction of sp³-hybridized carbons (Fsp3) is 0.300. The van der Waals surface area contributed by atoms with Crippen LogP contribution in [0.4, 0.5) is 0 Å². The Hall–Kier alpha value is -2.67. The molecule has 0 fully saturated rings. The van der Waals surface area contributed by atoms with Gasteiger partial charge in [-0.1, -0.05) is 60.3 Å². The molecular formula is C20H23N5OS. The van der Waals surface area contributed by atoms with Gasteiger partial charge in [-0.05, 0) is 54.8 Å². The number of carbonyl (C=O) groups excluding carboxylic acids is 1. The molecule has 0 unspecified atom stereocenters. The first-order valence-electron chi connectivity index (χ1n) is 8.98. The third-order valence-electron chi connectivity index (χ3n) is 4.19. The Morgan fingerprint density at radius 2 is 1.74 bits per heavy atom. The van der Waals surface area contributed by atoms with Crippen molar-refractivity contribution in [3.63, 3.8) is 0 Å². The Balaban J connectivity index is 1.53. The summed E-state index contributed by atoms with van der Waals surface area (Å²) in [4.78, 5) is 12.5. The summed E-state index contributed by atoms with van der Waals surface area (Å²) >= 11 is 1.35. The van der Waals surface area contributed by atoms with Gasteiger partial charge in [0.25, 0.3) is 0 Å². The second-order valence-corrected chi connectivity index (χ2v) is 7.71. The van der Waals surface area contributed by atoms with E-state index in [1.54, 1.807) is 4.68 Å². The number of nitrogens with zero attached hydrogens (tertiary/aromatic N) is 4. The molecule has 1 amide bonds. The first kappa shape index (κ1) is 19.1. The molecule has 2 atom stereocenters. The van der Waals surface area contributed by atoms with Gasteiger partial charge in [0, 0.05) is 6.04 Å². The number of nitrogens with one attached hydrogen (secondary N) is 1. The van der Waals surface area contributed by atoms with Crippen molar-refractivity contribution in [1.29, 1.82) is 0 Å². The molecule has 0 saturated carbocycles. The van der Waals surface area contributed by atoms with E-state index >= 15 is 0 Å². The minimum absolute atomic E-state index is 0.0110. The number of hydrogen-bond donors (Lipinski definition) is 1. The first-order valence-corrected chi connectivity index (χ1v) is 9.86. The SMILES string of the molecule is C[C@@H](CCc1ccccc1)NC(=O)[C@@H](C)Sc1nnnn1-c1ccccc1. The molecule has 6 nitrogen and oxygen atoms in total. The molecule has 2 aromatic carbocycles. The molecule has 0 radical (unpaired) electrons. The van der Waals surface area contributed by atoms with E-state index in [9.17, 15) is 4.79 Å². The molecule has 3 aromatic rings. The van der Waals surface area contributed by atoms with Crippen molar-refractivity contribution in [3.05, 3.63) is 66.2 Å². The highest BCUT2D eigenvalue weighted by molar-refractivity contribution is 8.00. The average Bonchev–Trinajstić information content (AvgIpc) is 3.16. The van der Waals surface area contributed by atoms with Crippen LogP contribution in [0, 0.1) is 0 Å². The van der Waals surface area contributed by atoms with Crippen LogP contribution in [0.1, 0.15) is 25.8 Å². The zero-order valence-corrected chi connectivity index (χ0v) is 16.3. The van der Waals surface area contributed by atoms with Crippen LogP contribution in [0.15, 0.2) is 65.8 Å². The Labute approximate surface area is 163 Å². The highest BCUT2D eigenvalue weighted by Crippen LogP contribution is 2.23. The number of aromatic nitrogens is 4. The van der Waals surface area contributed by atoms with Gasteiger partial charge in [0.2, 0.25) is 11.1 Å². The number of tetrazole rings is 1. The summed E-state index contributed by atoms with van der Waals surface area (Å²) in [7, 11) is 0. The van der Waals surface area contributed by atoms with Crippen molar-refractivity contribution in [1.82, 2.24) is 25.5 Å². The highest BCUT2D eigenvalue weighted by Gasteiger charge is 2.20. The lowest BCUT2D eigenvalue weighted by Gasteiger charge is -2.17. The van der Waals surface area contributed by atoms with Gasteiger partial charge in [-0.3, -0.25) is 4.79 Å². The second-order valence-electron chi connectivity index (χ2n) is 6.40. The first-order chi connectivity index (χ1) is 13.1. The van der Waals surface area contributed by atoms with Crippen molar-refractivity contribution < 1.29 is 4.79 Å². The van der Waals surface area contributed by atoms with Crippen LogP contribution in [0.2, 0.25) is 0 Å². The quantitative estimate of drug-likeness (QED) is 0.606. The molecule has 0 bridgehead atoms. The van der Waals surface area contributed by atoms with E-state index in [1.807, 2.05) is 62.4 Å². The van der Waals surface area contributed by atoms with Crippen molar-refractivity contribution >= 4 is 17.7 Å². The molecule has 0 aliphatic carbocycles. The Kier molecular flexibility index (Phi) is 6.59. The van der Waals surface area contributed by atoms with E-state index in [1.165, 1.54) is 17.3 Å². The zero-order chi connectivity index (χ0) is 19.1. The predicted octanol–water partition coefficient (Wildman–Crippen LogP) is 3.28. The largest absolute Gasteiger partial charge is 0.353 e. The molecule has 3 rings (SSSR count). The maximum Gasteiger partial charge on any atom is 0.233 e. The predicted molar refractivity (Wildman–Crippen MR) is 107 cm³/mol. The molecule has 1 aromatic heterocycles. The summed E-state index contributed by atoms with van der Waals surface area (Å²) in [6.07, 6.45) is 1.84. The van der Waals surface area contributed by atoms with Crippen molar-refractivity contribution in [2.45, 2.75) is 43.1 Å². The van der Waals surface area contributed by atoms with Gasteiger partial charge < -0.3 is 5.32 Å². The van der Waals surface area contributed by atoms with Crippen LogP contribution in [-0.2, 0) is 11.2 Å². The molecular weight excluding hydrogens is 358 g/mol. The summed E-state index contributed by atoms with van der Waals surface area (Å²) in [5.74, 6) is -0.0110. The number of para-hydroxylation sites is 1. The highest BCUT2D eigenvalue weighted by atomic mass is 32.2. The number of aryl methyl sites for hydroxylation is 1. The van der Waals surface area contributed by atoms with Gasteiger partial charge in [-0.25, -0.2) is 0 Å². The molecule has 27 heavy (non-hydrogen) atoms. The molecule has 1 N–H and O–H groups in total. The topological polar surface area (TPSA) is 72.7 Å². The summed E-state index contributed by atoms with van der Waals surface area (Å²) in [5, 5.41) is 15.2. The van der Waals surface area contributed by atoms with Crippen LogP contribution >= 0.6 is 11.8 Å². The number of hydrogen-bond acceptors (Lipinski definition) is 5. The number of rotatable bonds is 8. The molecule has 140 valence electrons. The Bertz CT molecular complexity index is 853. The molecule has 0 aliphatic rings. The number of thioether (sulfide) groups is 1. The van der Waals surface area contributed by atoms with Gasteiger partial charge in [0.1, 0.15) is 0 Å². The molecule has 1 heterocycles. The standard InChI is InChI=1S/C20H23N5OS/c1-15(13-14-17-9-5-3-6-10-17)21-19(26)16(2)27-20-22-23-24-25(20)18-11-7-4-8-12-18/h3-12,15-16H,13-14H2,1-2H3,(H,21,26)/t15-,16+/m0/s1. The summed E-state index contributed by atoms with van der Waals surface area (Å²) in [6.45, 7) is 3.90. The van der Waals surface area contributed by atoms with Gasteiger partial charge >= 0.3 is 0 Å². The summed E-state index contributed by atoms with van der Waals surface area (Å²) < 4.78 is 1.65. The van der Waals surface area contributed by atoms with Gasteiger partial charge in [-0.15, -0.1) is 5.10 Å². The normalized spacial score (nSPS) is 13.1. The van der Waals surface area contributed by atoms with E-state index in [0.717, 1.165) is 18.5 Å². The van der Waals surface area contributed by atoms with Gasteiger partial charge in [0.15, 0.2) is 0 Å².